The van der Waals surface area contributed by atoms with Crippen LogP contribution < -0.4 is 17.9 Å². The number of hydrogen-bond acceptors (Lipinski definition) is 8. The van der Waals surface area contributed by atoms with Crippen molar-refractivity contribution in [3.05, 3.63) is 50.8 Å². The summed E-state index contributed by atoms with van der Waals surface area (Å²) in [6, 6.07) is 5.95. The molecule has 2 aliphatic heterocycles. The fourth-order valence-electron chi connectivity index (χ4n) is 4.03. The third-order valence-corrected chi connectivity index (χ3v) is 12.8. The van der Waals surface area contributed by atoms with Crippen molar-refractivity contribution in [1.29, 1.82) is 0 Å². The predicted molar refractivity (Wildman–Crippen MR) is 151 cm³/mol. The van der Waals surface area contributed by atoms with Gasteiger partial charge in [-0.15, -0.1) is 0 Å². The second-order valence-corrected chi connectivity index (χ2v) is 15.0. The number of methoxy groups -OCH3 is 2. The van der Waals surface area contributed by atoms with E-state index in [4.69, 9.17) is 9.47 Å². The van der Waals surface area contributed by atoms with E-state index in [0.29, 0.717) is 13.0 Å². The Morgan fingerprint density at radius 2 is 2.08 bits per heavy atom. The SMILES string of the molecule is CCC(=Cc1sc2c([n+]1CC)[Te]C(OC)C=C2)C=C1Sc2ccc(OC)cc2N1CCCS(=O)(=O)O.[OH-]. The van der Waals surface area contributed by atoms with Crippen molar-refractivity contribution in [2.45, 2.75) is 42.3 Å². The number of aromatic nitrogens is 1. The quantitative estimate of drug-likeness (QED) is 0.230. The first-order chi connectivity index (χ1) is 17.3. The van der Waals surface area contributed by atoms with Gasteiger partial charge in [-0.05, 0) is 0 Å². The van der Waals surface area contributed by atoms with Gasteiger partial charge in [-0.25, -0.2) is 0 Å². The molecule has 2 aliphatic rings. The minimum Gasteiger partial charge on any atom is -0.870 e. The predicted octanol–water partition coefficient (Wildman–Crippen LogP) is 3.74. The van der Waals surface area contributed by atoms with Gasteiger partial charge in [0, 0.05) is 0 Å². The van der Waals surface area contributed by atoms with Gasteiger partial charge >= 0.3 is 213 Å². The molecule has 0 saturated heterocycles. The zero-order valence-electron chi connectivity index (χ0n) is 21.2. The molecule has 1 unspecified atom stereocenters. The topological polar surface area (TPSA) is 110 Å². The maximum atomic E-state index is 11.3. The minimum absolute atomic E-state index is 0. The van der Waals surface area contributed by atoms with Crippen molar-refractivity contribution in [2.75, 3.05) is 31.4 Å². The molecule has 1 atom stereocenters. The third kappa shape index (κ3) is 7.19. The van der Waals surface area contributed by atoms with Crippen LogP contribution >= 0.6 is 23.1 Å². The molecule has 1 aromatic carbocycles. The Balaban J connectivity index is 0.00000380. The summed E-state index contributed by atoms with van der Waals surface area (Å²) in [7, 11) is -0.591. The Labute approximate surface area is 237 Å². The Morgan fingerprint density at radius 3 is 2.73 bits per heavy atom. The molecule has 1 aromatic heterocycles. The summed E-state index contributed by atoms with van der Waals surface area (Å²) >= 11 is 3.03. The van der Waals surface area contributed by atoms with Gasteiger partial charge in [-0.1, -0.05) is 0 Å². The molecule has 0 spiro atoms. The molecule has 2 aromatic rings. The van der Waals surface area contributed by atoms with Crippen molar-refractivity contribution >= 4 is 75.7 Å². The van der Waals surface area contributed by atoms with Crippen molar-refractivity contribution in [1.82, 2.24) is 0 Å². The molecule has 0 radical (unpaired) electrons. The van der Waals surface area contributed by atoms with Crippen LogP contribution in [0.1, 0.15) is 36.6 Å². The molecule has 0 bridgehead atoms. The van der Waals surface area contributed by atoms with Crippen molar-refractivity contribution in [2.24, 2.45) is 0 Å². The van der Waals surface area contributed by atoms with E-state index in [1.165, 1.54) is 19.2 Å². The average Bonchev–Trinajstić information content (AvgIpc) is 3.38. The number of hydrogen-bond donors (Lipinski definition) is 1. The first-order valence-electron chi connectivity index (χ1n) is 11.7. The van der Waals surface area contributed by atoms with Crippen LogP contribution in [0.2, 0.25) is 0 Å². The molecule has 2 N–H and O–H groups in total. The molecule has 0 fully saturated rings. The Kier molecular flexibility index (Phi) is 10.7. The molecule has 4 rings (SSSR count). The van der Waals surface area contributed by atoms with Gasteiger partial charge in [0.05, 0.1) is 7.11 Å². The summed E-state index contributed by atoms with van der Waals surface area (Å²) < 4.78 is 47.0. The van der Waals surface area contributed by atoms with Crippen LogP contribution in [0, 0.1) is 0 Å². The summed E-state index contributed by atoms with van der Waals surface area (Å²) in [6.45, 7) is 5.74. The Bertz CT molecular complexity index is 1320. The first-order valence-corrected chi connectivity index (χ1v) is 17.5. The summed E-state index contributed by atoms with van der Waals surface area (Å²) in [5, 5.41) is 2.28. The van der Waals surface area contributed by atoms with Crippen LogP contribution in [0.25, 0.3) is 12.2 Å². The van der Waals surface area contributed by atoms with E-state index in [0.717, 1.165) is 34.3 Å². The van der Waals surface area contributed by atoms with Crippen LogP contribution in [-0.2, 0) is 21.4 Å². The number of anilines is 1. The summed E-state index contributed by atoms with van der Waals surface area (Å²) in [5.74, 6) is 0.481. The molecular weight excluding hydrogens is 648 g/mol. The Morgan fingerprint density at radius 1 is 1.30 bits per heavy atom. The van der Waals surface area contributed by atoms with Crippen LogP contribution in [-0.4, -0.2) is 70.0 Å². The fourth-order valence-corrected chi connectivity index (χ4v) is 10.5. The van der Waals surface area contributed by atoms with Gasteiger partial charge in [0.25, 0.3) is 0 Å². The zero-order valence-corrected chi connectivity index (χ0v) is 26.0. The summed E-state index contributed by atoms with van der Waals surface area (Å²) in [5.41, 5.74) is 2.19. The molecule has 202 valence electrons. The van der Waals surface area contributed by atoms with Crippen molar-refractivity contribution in [3.8, 4) is 5.75 Å². The van der Waals surface area contributed by atoms with E-state index in [1.807, 2.05) is 29.5 Å². The van der Waals surface area contributed by atoms with E-state index in [-0.39, 0.29) is 15.4 Å². The monoisotopic (exact) mass is 682 g/mol. The van der Waals surface area contributed by atoms with Gasteiger partial charge in [0.15, 0.2) is 0 Å². The smallest absolute Gasteiger partial charge is 0.870 e. The molecule has 37 heavy (non-hydrogen) atoms. The first kappa shape index (κ1) is 30.2. The van der Waals surface area contributed by atoms with Gasteiger partial charge < -0.3 is 5.48 Å². The number of nitrogens with zero attached hydrogens (tertiary/aromatic N) is 2. The molecule has 0 amide bonds. The van der Waals surface area contributed by atoms with E-state index in [2.05, 4.69) is 47.6 Å². The molecular formula is C25H32N2O6S3Te. The van der Waals surface area contributed by atoms with E-state index in [9.17, 15) is 13.0 Å². The Hall–Kier alpha value is -1.36. The van der Waals surface area contributed by atoms with Crippen molar-refractivity contribution < 1.29 is 32.5 Å². The molecule has 0 saturated carbocycles. The second kappa shape index (κ2) is 13.1. The molecule has 0 aliphatic carbocycles. The van der Waals surface area contributed by atoms with Gasteiger partial charge in [-0.2, -0.15) is 8.42 Å². The number of thiazole rings is 1. The molecule has 3 heterocycles. The normalized spacial score (nSPS) is 18.1. The summed E-state index contributed by atoms with van der Waals surface area (Å²) in [4.78, 5) is 4.56. The van der Waals surface area contributed by atoms with Gasteiger partial charge in [0.2, 0.25) is 0 Å². The fraction of sp³-hybridized carbons (Fsp3) is 0.400. The van der Waals surface area contributed by atoms with E-state index in [1.54, 1.807) is 26.0 Å². The van der Waals surface area contributed by atoms with Crippen LogP contribution in [0.5, 0.6) is 5.75 Å². The van der Waals surface area contributed by atoms with E-state index < -0.39 is 31.0 Å². The van der Waals surface area contributed by atoms with Crippen LogP contribution in [0.15, 0.2) is 45.8 Å². The van der Waals surface area contributed by atoms with Gasteiger partial charge in [-0.3, -0.25) is 4.55 Å². The maximum absolute atomic E-state index is 11.3. The third-order valence-electron chi connectivity index (χ3n) is 5.87. The standard InChI is InChI=1S/C25H30N2O5S3Te.H2O/c1-5-17(14-22-26(6-2)25-21(34-22)10-11-24(32-4)36-25)15-23-27(12-7-13-35(28,29)30)19-16-18(31-3)8-9-20(19)33-23;/h8-11,14-16,24H,5-7,12-13H2,1-4H3;1H2. The number of thioether (sulfide) groups is 1. The van der Waals surface area contributed by atoms with Crippen LogP contribution in [0.4, 0.5) is 5.69 Å². The summed E-state index contributed by atoms with van der Waals surface area (Å²) in [6.07, 6.45) is 10.0. The number of allylic oxidation sites excluding steroid dienone is 2. The molecule has 8 nitrogen and oxygen atoms in total. The van der Waals surface area contributed by atoms with Crippen molar-refractivity contribution in [3.63, 3.8) is 0 Å². The number of benzene rings is 1. The van der Waals surface area contributed by atoms with Crippen LogP contribution in [0.3, 0.4) is 0 Å². The molecule has 12 heteroatoms. The second-order valence-electron chi connectivity index (χ2n) is 8.22. The zero-order chi connectivity index (χ0) is 25.9. The van der Waals surface area contributed by atoms with Gasteiger partial charge in [0.1, 0.15) is 0 Å². The average molecular weight is 680 g/mol. The minimum atomic E-state index is -4.01. The van der Waals surface area contributed by atoms with E-state index >= 15 is 0 Å². The number of ether oxygens (including phenoxy) is 2. The number of rotatable bonds is 10. The number of fused-ring (bicyclic) bond motifs is 2.